The summed E-state index contributed by atoms with van der Waals surface area (Å²) in [5.74, 6) is -0.767. The first kappa shape index (κ1) is 15.1. The molecular weight excluding hydrogens is 370 g/mol. The summed E-state index contributed by atoms with van der Waals surface area (Å²) in [6.07, 6.45) is 4.38. The summed E-state index contributed by atoms with van der Waals surface area (Å²) in [5.41, 5.74) is 1.03. The van der Waals surface area contributed by atoms with Crippen LogP contribution in [-0.4, -0.2) is 24.3 Å². The smallest absolute Gasteiger partial charge is 0.274 e. The zero-order valence-corrected chi connectivity index (χ0v) is 13.7. The summed E-state index contributed by atoms with van der Waals surface area (Å²) in [6, 6.07) is 7.66. The molecular formula is C14H12BrN3O3S. The maximum atomic E-state index is 12.1. The fourth-order valence-corrected chi connectivity index (χ4v) is 3.43. The van der Waals surface area contributed by atoms with Crippen molar-refractivity contribution in [2.24, 2.45) is 5.92 Å². The standard InChI is InChI=1S/C14H12BrN3O3S/c15-10-3-1-9(2-4-10)11-7-12(11)14(19)18-22(20,21)13-8-16-5-6-17-13/h1-6,8,11-12H,7H2,(H,18,19)/t11-,12+/m0/s1. The van der Waals surface area contributed by atoms with Crippen molar-refractivity contribution >= 4 is 31.9 Å². The molecule has 3 rings (SSSR count). The van der Waals surface area contributed by atoms with Crippen LogP contribution in [0.2, 0.25) is 0 Å². The van der Waals surface area contributed by atoms with Gasteiger partial charge in [0.25, 0.3) is 10.0 Å². The first-order chi connectivity index (χ1) is 10.5. The number of carbonyl (C=O) groups excluding carboxylic acids is 1. The van der Waals surface area contributed by atoms with Crippen molar-refractivity contribution < 1.29 is 13.2 Å². The number of halogens is 1. The largest absolute Gasteiger partial charge is 0.283 e. The molecule has 1 N–H and O–H groups in total. The maximum Gasteiger partial charge on any atom is 0.283 e. The Kier molecular flexibility index (Phi) is 3.96. The molecule has 1 aliphatic rings. The van der Waals surface area contributed by atoms with E-state index in [1.807, 2.05) is 24.3 Å². The van der Waals surface area contributed by atoms with E-state index in [9.17, 15) is 13.2 Å². The molecule has 114 valence electrons. The zero-order chi connectivity index (χ0) is 15.7. The second-order valence-corrected chi connectivity index (χ2v) is 7.56. The highest BCUT2D eigenvalue weighted by Crippen LogP contribution is 2.47. The molecule has 1 heterocycles. The van der Waals surface area contributed by atoms with E-state index in [1.165, 1.54) is 12.4 Å². The quantitative estimate of drug-likeness (QED) is 0.872. The Morgan fingerprint density at radius 2 is 1.95 bits per heavy atom. The van der Waals surface area contributed by atoms with E-state index in [1.54, 1.807) is 0 Å². The number of nitrogens with zero attached hydrogens (tertiary/aromatic N) is 2. The second kappa shape index (κ2) is 5.77. The summed E-state index contributed by atoms with van der Waals surface area (Å²) in [4.78, 5) is 19.5. The van der Waals surface area contributed by atoms with Gasteiger partial charge in [-0.2, -0.15) is 8.42 Å². The number of carbonyl (C=O) groups is 1. The Labute approximate surface area is 136 Å². The Bertz CT molecular complexity index is 794. The number of rotatable bonds is 4. The van der Waals surface area contributed by atoms with Crippen LogP contribution in [0.3, 0.4) is 0 Å². The highest BCUT2D eigenvalue weighted by atomic mass is 79.9. The Balaban J connectivity index is 1.68. The molecule has 1 amide bonds. The van der Waals surface area contributed by atoms with Gasteiger partial charge in [-0.25, -0.2) is 9.71 Å². The van der Waals surface area contributed by atoms with Crippen LogP contribution in [0.1, 0.15) is 17.9 Å². The fourth-order valence-electron chi connectivity index (χ4n) is 2.25. The average Bonchev–Trinajstić information content (AvgIpc) is 3.29. The molecule has 0 saturated heterocycles. The molecule has 1 aromatic carbocycles. The summed E-state index contributed by atoms with van der Waals surface area (Å²) >= 11 is 3.35. The van der Waals surface area contributed by atoms with Crippen LogP contribution < -0.4 is 4.72 Å². The van der Waals surface area contributed by atoms with E-state index >= 15 is 0 Å². The van der Waals surface area contributed by atoms with E-state index in [2.05, 4.69) is 30.6 Å². The van der Waals surface area contributed by atoms with E-state index in [0.717, 1.165) is 16.2 Å². The summed E-state index contributed by atoms with van der Waals surface area (Å²) in [5, 5.41) is -0.260. The van der Waals surface area contributed by atoms with Gasteiger partial charge >= 0.3 is 0 Å². The highest BCUT2D eigenvalue weighted by molar-refractivity contribution is 9.10. The highest BCUT2D eigenvalue weighted by Gasteiger charge is 2.45. The number of hydrogen-bond donors (Lipinski definition) is 1. The number of nitrogens with one attached hydrogen (secondary N) is 1. The molecule has 2 atom stereocenters. The van der Waals surface area contributed by atoms with Gasteiger partial charge in [0.15, 0.2) is 5.03 Å². The van der Waals surface area contributed by atoms with Crippen LogP contribution in [-0.2, 0) is 14.8 Å². The molecule has 0 bridgehead atoms. The zero-order valence-electron chi connectivity index (χ0n) is 11.3. The lowest BCUT2D eigenvalue weighted by Crippen LogP contribution is -2.32. The molecule has 8 heteroatoms. The van der Waals surface area contributed by atoms with Crippen molar-refractivity contribution in [3.05, 3.63) is 52.9 Å². The SMILES string of the molecule is O=C(NS(=O)(=O)c1cnccn1)[C@@H]1C[C@H]1c1ccc(Br)cc1. The molecule has 1 aliphatic carbocycles. The molecule has 1 saturated carbocycles. The topological polar surface area (TPSA) is 89.0 Å². The minimum Gasteiger partial charge on any atom is -0.274 e. The summed E-state index contributed by atoms with van der Waals surface area (Å²) in [6.45, 7) is 0. The van der Waals surface area contributed by atoms with Crippen LogP contribution in [0.5, 0.6) is 0 Å². The lowest BCUT2D eigenvalue weighted by molar-refractivity contribution is -0.120. The lowest BCUT2D eigenvalue weighted by Gasteiger charge is -2.05. The van der Waals surface area contributed by atoms with Crippen molar-refractivity contribution in [2.75, 3.05) is 0 Å². The molecule has 0 radical (unpaired) electrons. The normalized spacial score (nSPS) is 20.4. The van der Waals surface area contributed by atoms with E-state index in [4.69, 9.17) is 0 Å². The van der Waals surface area contributed by atoms with Gasteiger partial charge in [-0.05, 0) is 30.0 Å². The molecule has 0 unspecified atom stereocenters. The monoisotopic (exact) mass is 381 g/mol. The predicted molar refractivity (Wildman–Crippen MR) is 82.4 cm³/mol. The molecule has 1 aromatic heterocycles. The number of amides is 1. The number of aromatic nitrogens is 2. The second-order valence-electron chi connectivity index (χ2n) is 5.01. The molecule has 0 aliphatic heterocycles. The van der Waals surface area contributed by atoms with Gasteiger partial charge in [-0.1, -0.05) is 28.1 Å². The van der Waals surface area contributed by atoms with Crippen LogP contribution in [0.15, 0.2) is 52.4 Å². The Morgan fingerprint density at radius 3 is 2.59 bits per heavy atom. The van der Waals surface area contributed by atoms with Gasteiger partial charge in [0, 0.05) is 22.8 Å². The van der Waals surface area contributed by atoms with Gasteiger partial charge in [0.1, 0.15) is 0 Å². The van der Waals surface area contributed by atoms with Crippen molar-refractivity contribution in [1.82, 2.24) is 14.7 Å². The van der Waals surface area contributed by atoms with Crippen molar-refractivity contribution in [3.63, 3.8) is 0 Å². The first-order valence-corrected chi connectivity index (χ1v) is 8.83. The maximum absolute atomic E-state index is 12.1. The van der Waals surface area contributed by atoms with Crippen LogP contribution in [0.4, 0.5) is 0 Å². The average molecular weight is 382 g/mol. The minimum absolute atomic E-state index is 0.0603. The minimum atomic E-state index is -3.96. The van der Waals surface area contributed by atoms with Crippen LogP contribution in [0.25, 0.3) is 0 Å². The predicted octanol–water partition coefficient (Wildman–Crippen LogP) is 1.85. The summed E-state index contributed by atoms with van der Waals surface area (Å²) < 4.78 is 27.1. The van der Waals surface area contributed by atoms with Gasteiger partial charge in [-0.3, -0.25) is 9.78 Å². The lowest BCUT2D eigenvalue weighted by atomic mass is 10.1. The molecule has 2 aromatic rings. The Morgan fingerprint density at radius 1 is 1.23 bits per heavy atom. The van der Waals surface area contributed by atoms with Crippen LogP contribution >= 0.6 is 15.9 Å². The van der Waals surface area contributed by atoms with Crippen LogP contribution in [0, 0.1) is 5.92 Å². The summed E-state index contributed by atoms with van der Waals surface area (Å²) in [7, 11) is -3.96. The third kappa shape index (κ3) is 3.17. The fraction of sp³-hybridized carbons (Fsp3) is 0.214. The number of benzene rings is 1. The van der Waals surface area contributed by atoms with E-state index in [-0.39, 0.29) is 16.9 Å². The molecule has 1 fully saturated rings. The third-order valence-electron chi connectivity index (χ3n) is 3.48. The van der Waals surface area contributed by atoms with Gasteiger partial charge in [0.2, 0.25) is 5.91 Å². The van der Waals surface area contributed by atoms with E-state index < -0.39 is 15.9 Å². The van der Waals surface area contributed by atoms with Crippen molar-refractivity contribution in [1.29, 1.82) is 0 Å². The van der Waals surface area contributed by atoms with E-state index in [0.29, 0.717) is 6.42 Å². The van der Waals surface area contributed by atoms with Crippen molar-refractivity contribution in [2.45, 2.75) is 17.4 Å². The van der Waals surface area contributed by atoms with Crippen molar-refractivity contribution in [3.8, 4) is 0 Å². The first-order valence-electron chi connectivity index (χ1n) is 6.55. The van der Waals surface area contributed by atoms with Gasteiger partial charge in [0.05, 0.1) is 6.20 Å². The van der Waals surface area contributed by atoms with Gasteiger partial charge in [-0.15, -0.1) is 0 Å². The number of sulfonamides is 1. The molecule has 22 heavy (non-hydrogen) atoms. The number of hydrogen-bond acceptors (Lipinski definition) is 5. The van der Waals surface area contributed by atoms with Gasteiger partial charge < -0.3 is 0 Å². The third-order valence-corrected chi connectivity index (χ3v) is 5.24. The molecule has 6 nitrogen and oxygen atoms in total. The Hall–Kier alpha value is -1.80. The molecule has 0 spiro atoms.